The van der Waals surface area contributed by atoms with E-state index >= 15 is 0 Å². The third-order valence-corrected chi connectivity index (χ3v) is 6.32. The molecule has 5 rings (SSSR count). The molecule has 0 N–H and O–H groups in total. The zero-order chi connectivity index (χ0) is 18.3. The van der Waals surface area contributed by atoms with Crippen LogP contribution >= 0.6 is 0 Å². The molecule has 0 radical (unpaired) electrons. The van der Waals surface area contributed by atoms with E-state index in [4.69, 9.17) is 4.74 Å². The number of rotatable bonds is 4. The zero-order valence-corrected chi connectivity index (χ0v) is 15.2. The maximum Gasteiger partial charge on any atom is 0.260 e. The molecule has 2 bridgehead atoms. The molecule has 0 unspecified atom stereocenters. The molecule has 3 saturated heterocycles. The lowest BCUT2D eigenvalue weighted by atomic mass is 9.83. The molecule has 1 aliphatic carbocycles. The highest BCUT2D eigenvalue weighted by atomic mass is 19.2. The van der Waals surface area contributed by atoms with E-state index in [1.807, 2.05) is 0 Å². The summed E-state index contributed by atoms with van der Waals surface area (Å²) >= 11 is 0. The number of hydrogen-bond donors (Lipinski definition) is 0. The van der Waals surface area contributed by atoms with Crippen molar-refractivity contribution in [1.82, 2.24) is 9.80 Å². The standard InChI is InChI=1S/C20H26F2N2O2/c1-26-17-8-7-16(21)19(22)18(17)20(25)24-11-14-5-6-15(12-24)23(10-14)9-13-3-2-4-13/h7-8,13-15H,2-6,9-12H2,1H3/t14-,15-/m1/s1. The first-order valence-corrected chi connectivity index (χ1v) is 9.62. The third kappa shape index (κ3) is 3.20. The fraction of sp³-hybridized carbons (Fsp3) is 0.650. The van der Waals surface area contributed by atoms with Crippen LogP contribution in [0.3, 0.4) is 0 Å². The molecular weight excluding hydrogens is 338 g/mol. The number of halogens is 2. The summed E-state index contributed by atoms with van der Waals surface area (Å²) in [5, 5.41) is 0. The smallest absolute Gasteiger partial charge is 0.260 e. The summed E-state index contributed by atoms with van der Waals surface area (Å²) in [6, 6.07) is 2.64. The lowest BCUT2D eigenvalue weighted by molar-refractivity contribution is 0.0708. The summed E-state index contributed by atoms with van der Waals surface area (Å²) in [6.45, 7) is 3.31. The van der Waals surface area contributed by atoms with Crippen LogP contribution in [0.25, 0.3) is 0 Å². The van der Waals surface area contributed by atoms with Gasteiger partial charge in [0.05, 0.1) is 7.11 Å². The van der Waals surface area contributed by atoms with Gasteiger partial charge in [-0.05, 0) is 49.7 Å². The topological polar surface area (TPSA) is 32.8 Å². The second-order valence-electron chi connectivity index (χ2n) is 8.00. The monoisotopic (exact) mass is 364 g/mol. The van der Waals surface area contributed by atoms with Gasteiger partial charge in [0.25, 0.3) is 5.91 Å². The first-order chi connectivity index (χ1) is 12.6. The fourth-order valence-corrected chi connectivity index (χ4v) is 4.64. The number of methoxy groups -OCH3 is 1. The first kappa shape index (κ1) is 17.7. The molecule has 4 nitrogen and oxygen atoms in total. The molecule has 26 heavy (non-hydrogen) atoms. The van der Waals surface area contributed by atoms with E-state index < -0.39 is 17.5 Å². The second kappa shape index (κ2) is 7.14. The largest absolute Gasteiger partial charge is 0.496 e. The Morgan fingerprint density at radius 3 is 2.65 bits per heavy atom. The molecule has 142 valence electrons. The number of carbonyl (C=O) groups is 1. The van der Waals surface area contributed by atoms with Crippen LogP contribution in [0.4, 0.5) is 8.78 Å². The number of amides is 1. The Morgan fingerprint density at radius 2 is 1.96 bits per heavy atom. The minimum Gasteiger partial charge on any atom is -0.496 e. The van der Waals surface area contributed by atoms with Crippen molar-refractivity contribution in [2.24, 2.45) is 11.8 Å². The van der Waals surface area contributed by atoms with Crippen LogP contribution in [0, 0.1) is 23.5 Å². The Kier molecular flexibility index (Phi) is 4.86. The normalized spacial score (nSPS) is 26.5. The SMILES string of the molecule is COc1ccc(F)c(F)c1C(=O)N1C[C@@H]2CC[C@H](C1)N(CC1CCC1)C2. The van der Waals surface area contributed by atoms with Gasteiger partial charge in [0.1, 0.15) is 11.3 Å². The quantitative estimate of drug-likeness (QED) is 0.822. The van der Waals surface area contributed by atoms with Gasteiger partial charge in [-0.3, -0.25) is 9.69 Å². The molecule has 0 aromatic heterocycles. The summed E-state index contributed by atoms with van der Waals surface area (Å²) in [6.07, 6.45) is 6.11. The van der Waals surface area contributed by atoms with Gasteiger partial charge >= 0.3 is 0 Å². The number of nitrogens with zero attached hydrogens (tertiary/aromatic N) is 2. The van der Waals surface area contributed by atoms with E-state index in [0.717, 1.165) is 37.9 Å². The van der Waals surface area contributed by atoms with E-state index in [1.54, 1.807) is 4.90 Å². The summed E-state index contributed by atoms with van der Waals surface area (Å²) in [4.78, 5) is 17.3. The van der Waals surface area contributed by atoms with Crippen LogP contribution in [0.15, 0.2) is 12.1 Å². The van der Waals surface area contributed by atoms with Crippen molar-refractivity contribution < 1.29 is 18.3 Å². The van der Waals surface area contributed by atoms with Crippen LogP contribution < -0.4 is 4.74 Å². The van der Waals surface area contributed by atoms with Gasteiger partial charge in [-0.2, -0.15) is 0 Å². The molecule has 1 saturated carbocycles. The molecule has 1 aromatic carbocycles. The third-order valence-electron chi connectivity index (χ3n) is 6.32. The highest BCUT2D eigenvalue weighted by molar-refractivity contribution is 5.97. The summed E-state index contributed by atoms with van der Waals surface area (Å²) in [5.74, 6) is -1.30. The molecule has 3 aliphatic heterocycles. The first-order valence-electron chi connectivity index (χ1n) is 9.62. The number of fused-ring (bicyclic) bond motifs is 4. The van der Waals surface area contributed by atoms with Crippen molar-refractivity contribution >= 4 is 5.91 Å². The minimum absolute atomic E-state index is 0.0943. The number of carbonyl (C=O) groups excluding carboxylic acids is 1. The summed E-state index contributed by atoms with van der Waals surface area (Å²) in [5.41, 5.74) is -0.278. The van der Waals surface area contributed by atoms with Crippen LogP contribution in [0.5, 0.6) is 5.75 Å². The van der Waals surface area contributed by atoms with E-state index in [0.29, 0.717) is 25.0 Å². The van der Waals surface area contributed by atoms with Gasteiger partial charge < -0.3 is 9.64 Å². The molecule has 1 aromatic rings. The van der Waals surface area contributed by atoms with Crippen molar-refractivity contribution in [3.05, 3.63) is 29.3 Å². The molecular formula is C20H26F2N2O2. The molecule has 1 amide bonds. The van der Waals surface area contributed by atoms with Crippen LogP contribution in [0.2, 0.25) is 0 Å². The number of piperidine rings is 1. The number of benzene rings is 1. The molecule has 6 heteroatoms. The van der Waals surface area contributed by atoms with Crippen molar-refractivity contribution in [2.45, 2.75) is 38.1 Å². The van der Waals surface area contributed by atoms with Gasteiger partial charge in [0, 0.05) is 32.2 Å². The number of hydrogen-bond acceptors (Lipinski definition) is 3. The van der Waals surface area contributed by atoms with Gasteiger partial charge in [0.15, 0.2) is 11.6 Å². The molecule has 2 atom stereocenters. The molecule has 0 spiro atoms. The van der Waals surface area contributed by atoms with Crippen molar-refractivity contribution in [3.8, 4) is 5.75 Å². The summed E-state index contributed by atoms with van der Waals surface area (Å²) < 4.78 is 33.2. The van der Waals surface area contributed by atoms with E-state index in [-0.39, 0.29) is 11.3 Å². The molecule has 4 aliphatic rings. The predicted octanol–water partition coefficient (Wildman–Crippen LogP) is 3.31. The number of ether oxygens (including phenoxy) is 1. The summed E-state index contributed by atoms with van der Waals surface area (Å²) in [7, 11) is 1.37. The Balaban J connectivity index is 1.55. The Morgan fingerprint density at radius 1 is 1.15 bits per heavy atom. The zero-order valence-electron chi connectivity index (χ0n) is 15.2. The average Bonchev–Trinajstić information content (AvgIpc) is 2.91. The van der Waals surface area contributed by atoms with Crippen LogP contribution in [-0.2, 0) is 0 Å². The molecule has 4 fully saturated rings. The van der Waals surface area contributed by atoms with E-state index in [9.17, 15) is 13.6 Å². The lowest BCUT2D eigenvalue weighted by Crippen LogP contribution is -2.47. The highest BCUT2D eigenvalue weighted by Crippen LogP contribution is 2.34. The maximum atomic E-state index is 14.4. The Labute approximate surface area is 153 Å². The predicted molar refractivity (Wildman–Crippen MR) is 94.2 cm³/mol. The van der Waals surface area contributed by atoms with Crippen molar-refractivity contribution in [1.29, 1.82) is 0 Å². The second-order valence-corrected chi connectivity index (χ2v) is 8.00. The Hall–Kier alpha value is -1.69. The fourth-order valence-electron chi connectivity index (χ4n) is 4.64. The highest BCUT2D eigenvalue weighted by Gasteiger charge is 2.39. The van der Waals surface area contributed by atoms with Gasteiger partial charge in [0.2, 0.25) is 0 Å². The van der Waals surface area contributed by atoms with E-state index in [2.05, 4.69) is 4.90 Å². The minimum atomic E-state index is -1.11. The molecule has 3 heterocycles. The van der Waals surface area contributed by atoms with Crippen molar-refractivity contribution in [2.75, 3.05) is 33.3 Å². The lowest BCUT2D eigenvalue weighted by Gasteiger charge is -2.40. The average molecular weight is 364 g/mol. The van der Waals surface area contributed by atoms with Crippen LogP contribution in [0.1, 0.15) is 42.5 Å². The Bertz CT molecular complexity index is 693. The van der Waals surface area contributed by atoms with Crippen LogP contribution in [-0.4, -0.2) is 55.0 Å². The van der Waals surface area contributed by atoms with Crippen molar-refractivity contribution in [3.63, 3.8) is 0 Å². The van der Waals surface area contributed by atoms with Gasteiger partial charge in [-0.25, -0.2) is 8.78 Å². The van der Waals surface area contributed by atoms with Gasteiger partial charge in [-0.15, -0.1) is 0 Å². The van der Waals surface area contributed by atoms with E-state index in [1.165, 1.54) is 32.4 Å². The van der Waals surface area contributed by atoms with Gasteiger partial charge in [-0.1, -0.05) is 6.42 Å². The maximum absolute atomic E-state index is 14.4.